The molecule has 4 nitrogen and oxygen atoms in total. The second-order valence-electron chi connectivity index (χ2n) is 4.67. The SMILES string of the molecule is CN(/N=C/c1ncc(C(F)(F)F)cc1Cl)C(=O)c1ccc(Cl)cc1. The van der Waals surface area contributed by atoms with Gasteiger partial charge in [-0.2, -0.15) is 18.3 Å². The van der Waals surface area contributed by atoms with Gasteiger partial charge in [0.25, 0.3) is 5.91 Å². The van der Waals surface area contributed by atoms with Crippen molar-refractivity contribution >= 4 is 35.3 Å². The van der Waals surface area contributed by atoms with Crippen LogP contribution in [0.1, 0.15) is 21.6 Å². The third-order valence-electron chi connectivity index (χ3n) is 2.94. The number of hydrogen-bond acceptors (Lipinski definition) is 3. The molecule has 2 aromatic rings. The molecule has 1 aromatic heterocycles. The van der Waals surface area contributed by atoms with Crippen molar-refractivity contribution < 1.29 is 18.0 Å². The summed E-state index contributed by atoms with van der Waals surface area (Å²) in [5, 5.41) is 5.12. The number of alkyl halides is 3. The molecule has 126 valence electrons. The fraction of sp³-hybridized carbons (Fsp3) is 0.133. The van der Waals surface area contributed by atoms with E-state index in [9.17, 15) is 18.0 Å². The molecule has 1 aromatic carbocycles. The van der Waals surface area contributed by atoms with Crippen molar-refractivity contribution in [1.29, 1.82) is 0 Å². The van der Waals surface area contributed by atoms with Crippen LogP contribution in [0.25, 0.3) is 0 Å². The lowest BCUT2D eigenvalue weighted by Crippen LogP contribution is -2.21. The maximum Gasteiger partial charge on any atom is 0.417 e. The minimum atomic E-state index is -4.53. The van der Waals surface area contributed by atoms with Crippen molar-refractivity contribution in [3.63, 3.8) is 0 Å². The zero-order chi connectivity index (χ0) is 17.9. The molecule has 1 heterocycles. The summed E-state index contributed by atoms with van der Waals surface area (Å²) in [6.45, 7) is 0. The van der Waals surface area contributed by atoms with Gasteiger partial charge in [0.05, 0.1) is 16.8 Å². The number of pyridine rings is 1. The third kappa shape index (κ3) is 4.46. The number of hydrazone groups is 1. The molecule has 9 heteroatoms. The molecule has 0 aliphatic carbocycles. The monoisotopic (exact) mass is 375 g/mol. The van der Waals surface area contributed by atoms with Crippen molar-refractivity contribution in [1.82, 2.24) is 9.99 Å². The molecule has 0 radical (unpaired) electrons. The van der Waals surface area contributed by atoms with E-state index in [1.165, 1.54) is 19.2 Å². The van der Waals surface area contributed by atoms with Gasteiger partial charge in [0.2, 0.25) is 0 Å². The number of halogens is 5. The first-order chi connectivity index (χ1) is 11.2. The van der Waals surface area contributed by atoms with Gasteiger partial charge in [0.1, 0.15) is 5.69 Å². The van der Waals surface area contributed by atoms with Crippen molar-refractivity contribution in [2.45, 2.75) is 6.18 Å². The van der Waals surface area contributed by atoms with E-state index in [1.54, 1.807) is 12.1 Å². The summed E-state index contributed by atoms with van der Waals surface area (Å²) in [6.07, 6.45) is -2.78. The highest BCUT2D eigenvalue weighted by Gasteiger charge is 2.31. The molecule has 0 spiro atoms. The molecule has 0 aliphatic rings. The van der Waals surface area contributed by atoms with E-state index in [4.69, 9.17) is 23.2 Å². The largest absolute Gasteiger partial charge is 0.417 e. The lowest BCUT2D eigenvalue weighted by atomic mass is 10.2. The smallest absolute Gasteiger partial charge is 0.267 e. The van der Waals surface area contributed by atoms with Crippen LogP contribution in [-0.4, -0.2) is 29.2 Å². The van der Waals surface area contributed by atoms with Crippen molar-refractivity contribution in [3.05, 3.63) is 63.4 Å². The topological polar surface area (TPSA) is 45.6 Å². The maximum atomic E-state index is 12.5. The normalized spacial score (nSPS) is 11.8. The maximum absolute atomic E-state index is 12.5. The number of carbonyl (C=O) groups excluding carboxylic acids is 1. The van der Waals surface area contributed by atoms with Crippen LogP contribution in [0.15, 0.2) is 41.6 Å². The molecule has 0 N–H and O–H groups in total. The number of benzene rings is 1. The summed E-state index contributed by atoms with van der Waals surface area (Å²) < 4.78 is 37.6. The summed E-state index contributed by atoms with van der Waals surface area (Å²) >= 11 is 11.5. The first-order valence-corrected chi connectivity index (χ1v) is 7.24. The summed E-state index contributed by atoms with van der Waals surface area (Å²) in [4.78, 5) is 15.7. The minimum absolute atomic E-state index is 0.0143. The molecule has 2 rings (SSSR count). The molecular weight excluding hydrogens is 366 g/mol. The summed E-state index contributed by atoms with van der Waals surface area (Å²) in [6, 6.07) is 6.91. The van der Waals surface area contributed by atoms with Crippen molar-refractivity contribution in [2.24, 2.45) is 5.10 Å². The predicted octanol–water partition coefficient (Wildman–Crippen LogP) is 4.51. The van der Waals surface area contributed by atoms with E-state index in [2.05, 4.69) is 10.1 Å². The fourth-order valence-electron chi connectivity index (χ4n) is 1.67. The number of nitrogens with zero attached hydrogens (tertiary/aromatic N) is 3. The molecule has 0 unspecified atom stereocenters. The van der Waals surface area contributed by atoms with E-state index < -0.39 is 17.6 Å². The molecule has 0 atom stereocenters. The molecular formula is C15H10Cl2F3N3O. The lowest BCUT2D eigenvalue weighted by Gasteiger charge is -2.11. The fourth-order valence-corrected chi connectivity index (χ4v) is 2.01. The van der Waals surface area contributed by atoms with Crippen LogP contribution in [0.2, 0.25) is 10.0 Å². The first kappa shape index (κ1) is 18.2. The summed E-state index contributed by atoms with van der Waals surface area (Å²) in [5.41, 5.74) is -0.596. The van der Waals surface area contributed by atoms with Gasteiger partial charge in [0.15, 0.2) is 0 Å². The summed E-state index contributed by atoms with van der Waals surface area (Å²) in [7, 11) is 1.39. The van der Waals surface area contributed by atoms with Crippen molar-refractivity contribution in [2.75, 3.05) is 7.05 Å². The number of aromatic nitrogens is 1. The van der Waals surface area contributed by atoms with Gasteiger partial charge in [-0.1, -0.05) is 23.2 Å². The Morgan fingerprint density at radius 3 is 2.42 bits per heavy atom. The molecule has 0 saturated heterocycles. The first-order valence-electron chi connectivity index (χ1n) is 6.49. The van der Waals surface area contributed by atoms with E-state index in [0.29, 0.717) is 16.8 Å². The Bertz CT molecular complexity index is 777. The van der Waals surface area contributed by atoms with Gasteiger partial charge in [-0.05, 0) is 30.3 Å². The lowest BCUT2D eigenvalue weighted by molar-refractivity contribution is -0.137. The zero-order valence-corrected chi connectivity index (χ0v) is 13.7. The van der Waals surface area contributed by atoms with Gasteiger partial charge < -0.3 is 0 Å². The van der Waals surface area contributed by atoms with Crippen LogP contribution in [0, 0.1) is 0 Å². The van der Waals surface area contributed by atoms with Crippen molar-refractivity contribution in [3.8, 4) is 0 Å². The second-order valence-corrected chi connectivity index (χ2v) is 5.51. The van der Waals surface area contributed by atoms with E-state index in [1.807, 2.05) is 0 Å². The number of carbonyl (C=O) groups is 1. The zero-order valence-electron chi connectivity index (χ0n) is 12.2. The molecule has 0 fully saturated rings. The standard InChI is InChI=1S/C15H10Cl2F3N3O/c1-23(14(24)9-2-4-11(16)5-3-9)22-8-13-12(17)6-10(7-21-13)15(18,19)20/h2-8H,1H3/b22-8+. The number of amides is 1. The highest BCUT2D eigenvalue weighted by atomic mass is 35.5. The van der Waals surface area contributed by atoms with Crippen LogP contribution in [0.4, 0.5) is 13.2 Å². The highest BCUT2D eigenvalue weighted by Crippen LogP contribution is 2.30. The molecule has 0 bridgehead atoms. The number of hydrogen-bond donors (Lipinski definition) is 0. The Labute approximate surface area is 145 Å². The van der Waals surface area contributed by atoms with Gasteiger partial charge >= 0.3 is 6.18 Å². The third-order valence-corrected chi connectivity index (χ3v) is 3.49. The molecule has 0 aliphatic heterocycles. The Kier molecular flexibility index (Phi) is 5.46. The average molecular weight is 376 g/mol. The van der Waals surface area contributed by atoms with Crippen LogP contribution in [0.3, 0.4) is 0 Å². The van der Waals surface area contributed by atoms with Crippen LogP contribution in [-0.2, 0) is 6.18 Å². The van der Waals surface area contributed by atoms with Crippen LogP contribution >= 0.6 is 23.2 Å². The quantitative estimate of drug-likeness (QED) is 0.585. The Morgan fingerprint density at radius 1 is 1.25 bits per heavy atom. The number of rotatable bonds is 3. The predicted molar refractivity (Wildman–Crippen MR) is 85.4 cm³/mol. The van der Waals surface area contributed by atoms with E-state index in [-0.39, 0.29) is 10.7 Å². The minimum Gasteiger partial charge on any atom is -0.267 e. The Balaban J connectivity index is 2.15. The average Bonchev–Trinajstić information content (AvgIpc) is 2.52. The van der Waals surface area contributed by atoms with Crippen LogP contribution < -0.4 is 0 Å². The van der Waals surface area contributed by atoms with Gasteiger partial charge in [-0.3, -0.25) is 9.78 Å². The van der Waals surface area contributed by atoms with E-state index >= 15 is 0 Å². The Hall–Kier alpha value is -2.12. The second kappa shape index (κ2) is 7.19. The summed E-state index contributed by atoms with van der Waals surface area (Å²) in [5.74, 6) is -0.425. The van der Waals surface area contributed by atoms with Crippen LogP contribution in [0.5, 0.6) is 0 Å². The molecule has 24 heavy (non-hydrogen) atoms. The van der Waals surface area contributed by atoms with Gasteiger partial charge in [-0.25, -0.2) is 5.01 Å². The van der Waals surface area contributed by atoms with E-state index in [0.717, 1.165) is 17.3 Å². The van der Waals surface area contributed by atoms with Gasteiger partial charge in [0, 0.05) is 23.8 Å². The Morgan fingerprint density at radius 2 is 1.88 bits per heavy atom. The highest BCUT2D eigenvalue weighted by molar-refractivity contribution is 6.32. The van der Waals surface area contributed by atoms with Gasteiger partial charge in [-0.15, -0.1) is 0 Å². The molecule has 0 saturated carbocycles. The molecule has 1 amide bonds.